The van der Waals surface area contributed by atoms with Gasteiger partial charge in [0.05, 0.1) is 12.5 Å². The number of carbonyl (C=O) groups is 1. The minimum absolute atomic E-state index is 0.0983. The topological polar surface area (TPSA) is 58.6 Å². The van der Waals surface area contributed by atoms with Crippen LogP contribution < -0.4 is 5.32 Å². The molecule has 1 amide bonds. The molecule has 2 N–H and O–H groups in total. The third kappa shape index (κ3) is 4.93. The van der Waals surface area contributed by atoms with Gasteiger partial charge in [0.15, 0.2) is 0 Å². The van der Waals surface area contributed by atoms with E-state index in [1.54, 1.807) is 6.07 Å². The molecule has 1 atom stereocenters. The molecule has 0 aliphatic carbocycles. The Bertz CT molecular complexity index is 486. The predicted octanol–water partition coefficient (Wildman–Crippen LogP) is 2.32. The fourth-order valence-corrected chi connectivity index (χ4v) is 2.85. The maximum atomic E-state index is 13.6. The second kappa shape index (κ2) is 8.46. The minimum atomic E-state index is -0.482. The average molecular weight is 330 g/mol. The van der Waals surface area contributed by atoms with E-state index in [1.807, 2.05) is 0 Å². The zero-order chi connectivity index (χ0) is 15.9. The summed E-state index contributed by atoms with van der Waals surface area (Å²) < 4.78 is 18.8. The molecule has 122 valence electrons. The number of halogens is 2. The van der Waals surface area contributed by atoms with Crippen LogP contribution in [0.4, 0.5) is 4.39 Å². The number of hydrogen-bond donors (Lipinski definition) is 2. The van der Waals surface area contributed by atoms with E-state index in [0.717, 1.165) is 12.8 Å². The van der Waals surface area contributed by atoms with E-state index in [9.17, 15) is 14.3 Å². The van der Waals surface area contributed by atoms with Crippen molar-refractivity contribution in [1.82, 2.24) is 5.32 Å². The molecule has 1 saturated heterocycles. The lowest BCUT2D eigenvalue weighted by Gasteiger charge is -2.26. The normalized spacial score (nSPS) is 17.2. The highest BCUT2D eigenvalue weighted by Gasteiger charge is 2.22. The van der Waals surface area contributed by atoms with Crippen molar-refractivity contribution in [3.05, 3.63) is 34.6 Å². The fourth-order valence-electron chi connectivity index (χ4n) is 2.62. The molecule has 0 bridgehead atoms. The van der Waals surface area contributed by atoms with Crippen LogP contribution in [0, 0.1) is 11.7 Å². The molecule has 2 rings (SSSR count). The van der Waals surface area contributed by atoms with E-state index in [4.69, 9.17) is 16.3 Å². The zero-order valence-electron chi connectivity index (χ0n) is 12.4. The number of amides is 1. The van der Waals surface area contributed by atoms with E-state index < -0.39 is 11.9 Å². The molecular weight excluding hydrogens is 309 g/mol. The van der Waals surface area contributed by atoms with Crippen LogP contribution in [0.15, 0.2) is 18.2 Å². The van der Waals surface area contributed by atoms with Crippen molar-refractivity contribution in [2.75, 3.05) is 19.8 Å². The lowest BCUT2D eigenvalue weighted by Crippen LogP contribution is -2.33. The summed E-state index contributed by atoms with van der Waals surface area (Å²) in [5, 5.41) is 13.0. The second-order valence-corrected chi connectivity index (χ2v) is 5.94. The highest BCUT2D eigenvalue weighted by molar-refractivity contribution is 6.31. The van der Waals surface area contributed by atoms with Crippen molar-refractivity contribution in [2.24, 2.45) is 5.92 Å². The third-order valence-electron chi connectivity index (χ3n) is 3.97. The van der Waals surface area contributed by atoms with E-state index >= 15 is 0 Å². The second-order valence-electron chi connectivity index (χ2n) is 5.53. The Morgan fingerprint density at radius 3 is 2.86 bits per heavy atom. The Morgan fingerprint density at radius 1 is 1.45 bits per heavy atom. The number of ether oxygens (including phenoxy) is 1. The van der Waals surface area contributed by atoms with Crippen LogP contribution in [0.3, 0.4) is 0 Å². The van der Waals surface area contributed by atoms with Crippen molar-refractivity contribution in [2.45, 2.75) is 31.8 Å². The highest BCUT2D eigenvalue weighted by atomic mass is 35.5. The van der Waals surface area contributed by atoms with Gasteiger partial charge in [0, 0.05) is 30.3 Å². The third-order valence-corrected chi connectivity index (χ3v) is 4.33. The van der Waals surface area contributed by atoms with Crippen LogP contribution >= 0.6 is 11.6 Å². The summed E-state index contributed by atoms with van der Waals surface area (Å²) in [7, 11) is 0. The summed E-state index contributed by atoms with van der Waals surface area (Å²) >= 11 is 5.89. The quantitative estimate of drug-likeness (QED) is 0.842. The molecule has 0 unspecified atom stereocenters. The van der Waals surface area contributed by atoms with Gasteiger partial charge in [-0.3, -0.25) is 4.79 Å². The standard InChI is InChI=1S/C16H21ClFNO3/c17-13-2-1-3-14(18)12(13)10-16(21)19-7-4-15(20)11-5-8-22-9-6-11/h1-3,11,15,20H,4-10H2,(H,19,21)/t15-/m0/s1. The smallest absolute Gasteiger partial charge is 0.224 e. The van der Waals surface area contributed by atoms with Gasteiger partial charge in [-0.25, -0.2) is 4.39 Å². The number of hydrogen-bond acceptors (Lipinski definition) is 3. The Balaban J connectivity index is 1.73. The van der Waals surface area contributed by atoms with Crippen LogP contribution in [0.1, 0.15) is 24.8 Å². The maximum Gasteiger partial charge on any atom is 0.224 e. The molecule has 6 heteroatoms. The summed E-state index contributed by atoms with van der Waals surface area (Å²) in [4.78, 5) is 11.8. The summed E-state index contributed by atoms with van der Waals surface area (Å²) in [5.74, 6) is -0.553. The van der Waals surface area contributed by atoms with Crippen molar-refractivity contribution in [3.63, 3.8) is 0 Å². The minimum Gasteiger partial charge on any atom is -0.393 e. The molecule has 1 aromatic rings. The molecule has 22 heavy (non-hydrogen) atoms. The molecule has 0 radical (unpaired) electrons. The number of rotatable bonds is 6. The van der Waals surface area contributed by atoms with Gasteiger partial charge in [-0.1, -0.05) is 17.7 Å². The van der Waals surface area contributed by atoms with Gasteiger partial charge in [-0.2, -0.15) is 0 Å². The van der Waals surface area contributed by atoms with Gasteiger partial charge in [-0.15, -0.1) is 0 Å². The van der Waals surface area contributed by atoms with E-state index in [1.165, 1.54) is 12.1 Å². The van der Waals surface area contributed by atoms with Crippen molar-refractivity contribution in [3.8, 4) is 0 Å². The van der Waals surface area contributed by atoms with Gasteiger partial charge in [-0.05, 0) is 37.3 Å². The first kappa shape index (κ1) is 17.2. The maximum absolute atomic E-state index is 13.6. The molecule has 0 spiro atoms. The van der Waals surface area contributed by atoms with Gasteiger partial charge >= 0.3 is 0 Å². The molecule has 1 aliphatic heterocycles. The van der Waals surface area contributed by atoms with Crippen molar-refractivity contribution < 1.29 is 19.0 Å². The molecule has 0 saturated carbocycles. The molecular formula is C16H21ClFNO3. The summed E-state index contributed by atoms with van der Waals surface area (Å²) in [6.45, 7) is 1.73. The van der Waals surface area contributed by atoms with E-state index in [-0.39, 0.29) is 28.8 Å². The summed E-state index contributed by atoms with van der Waals surface area (Å²) in [6, 6.07) is 4.34. The van der Waals surface area contributed by atoms with Crippen LogP contribution in [-0.2, 0) is 16.0 Å². The lowest BCUT2D eigenvalue weighted by molar-refractivity contribution is -0.120. The summed E-state index contributed by atoms with van der Waals surface area (Å²) in [5.41, 5.74) is 0.201. The molecule has 0 aromatic heterocycles. The highest BCUT2D eigenvalue weighted by Crippen LogP contribution is 2.21. The van der Waals surface area contributed by atoms with E-state index in [2.05, 4.69) is 5.32 Å². The first-order valence-electron chi connectivity index (χ1n) is 7.53. The van der Waals surface area contributed by atoms with Crippen LogP contribution in [0.25, 0.3) is 0 Å². The SMILES string of the molecule is O=C(Cc1c(F)cccc1Cl)NCC[C@H](O)C1CCOCC1. The summed E-state index contributed by atoms with van der Waals surface area (Å²) in [6.07, 6.45) is 1.64. The first-order valence-corrected chi connectivity index (χ1v) is 7.91. The Morgan fingerprint density at radius 2 is 2.18 bits per heavy atom. The lowest BCUT2D eigenvalue weighted by atomic mass is 9.92. The van der Waals surface area contributed by atoms with Gasteiger partial charge in [0.2, 0.25) is 5.91 Å². The molecule has 1 fully saturated rings. The first-order chi connectivity index (χ1) is 10.6. The zero-order valence-corrected chi connectivity index (χ0v) is 13.1. The molecule has 1 heterocycles. The van der Waals surface area contributed by atoms with Crippen LogP contribution in [-0.4, -0.2) is 36.9 Å². The molecule has 1 aromatic carbocycles. The number of benzene rings is 1. The number of carbonyl (C=O) groups excluding carboxylic acids is 1. The largest absolute Gasteiger partial charge is 0.393 e. The Kier molecular flexibility index (Phi) is 6.61. The molecule has 4 nitrogen and oxygen atoms in total. The van der Waals surface area contributed by atoms with Gasteiger partial charge in [0.25, 0.3) is 0 Å². The Hall–Kier alpha value is -1.17. The fraction of sp³-hybridized carbons (Fsp3) is 0.562. The monoisotopic (exact) mass is 329 g/mol. The van der Waals surface area contributed by atoms with Crippen LogP contribution in [0.5, 0.6) is 0 Å². The van der Waals surface area contributed by atoms with Crippen molar-refractivity contribution >= 4 is 17.5 Å². The van der Waals surface area contributed by atoms with Crippen LogP contribution in [0.2, 0.25) is 5.02 Å². The number of nitrogens with one attached hydrogen (secondary N) is 1. The average Bonchev–Trinajstić information content (AvgIpc) is 2.52. The van der Waals surface area contributed by atoms with Crippen molar-refractivity contribution in [1.29, 1.82) is 0 Å². The number of aliphatic hydroxyl groups is 1. The molecule has 1 aliphatic rings. The number of aliphatic hydroxyl groups excluding tert-OH is 1. The van der Waals surface area contributed by atoms with Gasteiger partial charge < -0.3 is 15.2 Å². The predicted molar refractivity (Wildman–Crippen MR) is 82.3 cm³/mol. The Labute approximate surface area is 134 Å². The van der Waals surface area contributed by atoms with Gasteiger partial charge in [0.1, 0.15) is 5.82 Å². The van der Waals surface area contributed by atoms with E-state index in [0.29, 0.717) is 26.2 Å².